The van der Waals surface area contributed by atoms with Crippen molar-refractivity contribution in [3.05, 3.63) is 0 Å². The van der Waals surface area contributed by atoms with Gasteiger partial charge in [-0.25, -0.2) is 8.42 Å². The van der Waals surface area contributed by atoms with Gasteiger partial charge in [-0.1, -0.05) is 0 Å². The fourth-order valence-corrected chi connectivity index (χ4v) is 4.65. The van der Waals surface area contributed by atoms with Crippen molar-refractivity contribution >= 4 is 15.7 Å². The summed E-state index contributed by atoms with van der Waals surface area (Å²) in [5, 5.41) is 2.81. The predicted octanol–water partition coefficient (Wildman–Crippen LogP) is 0.554. The summed E-state index contributed by atoms with van der Waals surface area (Å²) in [6.07, 6.45) is 4.83. The molecule has 2 rings (SSSR count). The molecule has 0 aromatic rings. The van der Waals surface area contributed by atoms with E-state index in [0.29, 0.717) is 12.3 Å². The lowest BCUT2D eigenvalue weighted by Gasteiger charge is -2.29. The fourth-order valence-electron chi connectivity index (χ4n) is 2.87. The van der Waals surface area contributed by atoms with Crippen LogP contribution >= 0.6 is 0 Å². The average Bonchev–Trinajstić information content (AvgIpc) is 2.75. The molecule has 5 nitrogen and oxygen atoms in total. The number of nitrogens with zero attached hydrogens (tertiary/aromatic N) is 1. The van der Waals surface area contributed by atoms with Gasteiger partial charge < -0.3 is 10.2 Å². The molecule has 2 atom stereocenters. The average molecular weight is 288 g/mol. The molecule has 2 unspecified atom stereocenters. The molecule has 0 spiro atoms. The largest absolute Gasteiger partial charge is 0.341 e. The zero-order valence-corrected chi connectivity index (χ0v) is 12.4. The Labute approximate surface area is 115 Å². The smallest absolute Gasteiger partial charge is 0.239 e. The van der Waals surface area contributed by atoms with Gasteiger partial charge in [-0.15, -0.1) is 0 Å². The van der Waals surface area contributed by atoms with Gasteiger partial charge in [0.2, 0.25) is 5.91 Å². The highest BCUT2D eigenvalue weighted by molar-refractivity contribution is 7.92. The van der Waals surface area contributed by atoms with Gasteiger partial charge in [0.15, 0.2) is 9.84 Å². The predicted molar refractivity (Wildman–Crippen MR) is 74.7 cm³/mol. The van der Waals surface area contributed by atoms with Gasteiger partial charge in [0.25, 0.3) is 0 Å². The molecule has 2 heterocycles. The lowest BCUT2D eigenvalue weighted by molar-refractivity contribution is -0.133. The van der Waals surface area contributed by atoms with E-state index >= 15 is 0 Å². The molecule has 2 saturated heterocycles. The van der Waals surface area contributed by atoms with E-state index in [9.17, 15) is 13.2 Å². The maximum Gasteiger partial charge on any atom is 0.239 e. The summed E-state index contributed by atoms with van der Waals surface area (Å²) < 4.78 is 23.4. The van der Waals surface area contributed by atoms with Crippen LogP contribution < -0.4 is 5.32 Å². The van der Waals surface area contributed by atoms with Crippen molar-refractivity contribution in [2.24, 2.45) is 0 Å². The Bertz CT molecular complexity index is 416. The molecule has 2 aliphatic heterocycles. The summed E-state index contributed by atoms with van der Waals surface area (Å²) in [6.45, 7) is 3.92. The Balaban J connectivity index is 1.80. The van der Waals surface area contributed by atoms with Crippen molar-refractivity contribution in [1.82, 2.24) is 10.2 Å². The molecule has 2 fully saturated rings. The normalized spacial score (nSPS) is 28.3. The Morgan fingerprint density at radius 3 is 2.53 bits per heavy atom. The number of hydrogen-bond acceptors (Lipinski definition) is 4. The molecule has 2 aliphatic rings. The highest BCUT2D eigenvalue weighted by atomic mass is 32.2. The van der Waals surface area contributed by atoms with E-state index in [0.717, 1.165) is 38.8 Å². The van der Waals surface area contributed by atoms with Crippen LogP contribution in [0.2, 0.25) is 0 Å². The number of piperidine rings is 1. The molecule has 19 heavy (non-hydrogen) atoms. The second-order valence-corrected chi connectivity index (χ2v) is 8.05. The maximum atomic E-state index is 12.2. The first-order valence-corrected chi connectivity index (χ1v) is 8.96. The van der Waals surface area contributed by atoms with Crippen LogP contribution in [-0.4, -0.2) is 55.9 Å². The molecule has 110 valence electrons. The molecule has 0 saturated carbocycles. The minimum atomic E-state index is -2.92. The van der Waals surface area contributed by atoms with Crippen molar-refractivity contribution in [3.63, 3.8) is 0 Å². The maximum absolute atomic E-state index is 12.2. The van der Waals surface area contributed by atoms with Crippen molar-refractivity contribution in [2.75, 3.05) is 25.4 Å². The molecule has 0 radical (unpaired) electrons. The van der Waals surface area contributed by atoms with E-state index in [2.05, 4.69) is 5.32 Å². The fraction of sp³-hybridized carbons (Fsp3) is 0.923. The number of carbonyl (C=O) groups is 1. The van der Waals surface area contributed by atoms with Crippen molar-refractivity contribution in [3.8, 4) is 0 Å². The third-order valence-corrected chi connectivity index (χ3v) is 6.43. The van der Waals surface area contributed by atoms with Gasteiger partial charge in [-0.05, 0) is 39.0 Å². The van der Waals surface area contributed by atoms with Crippen molar-refractivity contribution in [2.45, 2.75) is 50.3 Å². The lowest BCUT2D eigenvalue weighted by atomic mass is 10.1. The van der Waals surface area contributed by atoms with Gasteiger partial charge in [0, 0.05) is 19.6 Å². The first-order valence-electron chi connectivity index (χ1n) is 7.24. The van der Waals surface area contributed by atoms with Crippen LogP contribution in [0, 0.1) is 0 Å². The highest BCUT2D eigenvalue weighted by Gasteiger charge is 2.32. The molecule has 0 aromatic carbocycles. The standard InChI is InChI=1S/C13H24N2O3S/c1-11(13(16)15-7-3-2-4-8-15)14-10-12-6-5-9-19(12,17)18/h11-12,14H,2-10H2,1H3. The SMILES string of the molecule is CC(NCC1CCCS1(=O)=O)C(=O)N1CCCCC1. The van der Waals surface area contributed by atoms with E-state index < -0.39 is 9.84 Å². The van der Waals surface area contributed by atoms with Crippen LogP contribution in [0.5, 0.6) is 0 Å². The molecular weight excluding hydrogens is 264 g/mol. The van der Waals surface area contributed by atoms with Crippen LogP contribution in [-0.2, 0) is 14.6 Å². The number of hydrogen-bond donors (Lipinski definition) is 1. The Morgan fingerprint density at radius 1 is 1.26 bits per heavy atom. The summed E-state index contributed by atoms with van der Waals surface area (Å²) >= 11 is 0. The van der Waals surface area contributed by atoms with E-state index in [1.54, 1.807) is 0 Å². The molecular formula is C13H24N2O3S. The van der Waals surface area contributed by atoms with Crippen LogP contribution in [0.3, 0.4) is 0 Å². The van der Waals surface area contributed by atoms with Gasteiger partial charge in [0.1, 0.15) is 0 Å². The zero-order chi connectivity index (χ0) is 13.9. The van der Waals surface area contributed by atoms with E-state index in [-0.39, 0.29) is 17.2 Å². The van der Waals surface area contributed by atoms with Crippen LogP contribution in [0.1, 0.15) is 39.0 Å². The minimum absolute atomic E-state index is 0.107. The number of carbonyl (C=O) groups excluding carboxylic acids is 1. The van der Waals surface area contributed by atoms with Crippen molar-refractivity contribution in [1.29, 1.82) is 0 Å². The topological polar surface area (TPSA) is 66.5 Å². The first kappa shape index (κ1) is 14.8. The van der Waals surface area contributed by atoms with Gasteiger partial charge in [0.05, 0.1) is 17.0 Å². The first-order chi connectivity index (χ1) is 9.00. The Morgan fingerprint density at radius 2 is 1.95 bits per heavy atom. The third-order valence-electron chi connectivity index (χ3n) is 4.15. The van der Waals surface area contributed by atoms with Crippen molar-refractivity contribution < 1.29 is 13.2 Å². The lowest BCUT2D eigenvalue weighted by Crippen LogP contribution is -2.48. The van der Waals surface area contributed by atoms with Crippen LogP contribution in [0.25, 0.3) is 0 Å². The quantitative estimate of drug-likeness (QED) is 0.820. The van der Waals surface area contributed by atoms with E-state index in [1.807, 2.05) is 11.8 Å². The number of rotatable bonds is 4. The van der Waals surface area contributed by atoms with Gasteiger partial charge in [-0.2, -0.15) is 0 Å². The van der Waals surface area contributed by atoms with E-state index in [4.69, 9.17) is 0 Å². The summed E-state index contributed by atoms with van der Waals surface area (Å²) in [4.78, 5) is 14.1. The molecule has 6 heteroatoms. The molecule has 0 aromatic heterocycles. The molecule has 0 aliphatic carbocycles. The Hall–Kier alpha value is -0.620. The monoisotopic (exact) mass is 288 g/mol. The summed E-state index contributed by atoms with van der Waals surface area (Å²) in [5.74, 6) is 0.406. The van der Waals surface area contributed by atoms with Gasteiger partial charge in [-0.3, -0.25) is 4.79 Å². The Kier molecular flexibility index (Phi) is 4.84. The van der Waals surface area contributed by atoms with Crippen LogP contribution in [0.15, 0.2) is 0 Å². The number of amides is 1. The molecule has 1 N–H and O–H groups in total. The third kappa shape index (κ3) is 3.69. The molecule has 0 bridgehead atoms. The van der Waals surface area contributed by atoms with Gasteiger partial charge >= 0.3 is 0 Å². The zero-order valence-electron chi connectivity index (χ0n) is 11.6. The molecule has 1 amide bonds. The minimum Gasteiger partial charge on any atom is -0.341 e. The highest BCUT2D eigenvalue weighted by Crippen LogP contribution is 2.19. The summed E-state index contributed by atoms with van der Waals surface area (Å²) in [5.41, 5.74) is 0. The summed E-state index contributed by atoms with van der Waals surface area (Å²) in [7, 11) is -2.92. The van der Waals surface area contributed by atoms with E-state index in [1.165, 1.54) is 6.42 Å². The second-order valence-electron chi connectivity index (χ2n) is 5.65. The number of nitrogens with one attached hydrogen (secondary N) is 1. The number of likely N-dealkylation sites (tertiary alicyclic amines) is 1. The summed E-state index contributed by atoms with van der Waals surface area (Å²) in [6, 6.07) is -0.283. The number of sulfone groups is 1. The second kappa shape index (κ2) is 6.22. The van der Waals surface area contributed by atoms with Crippen LogP contribution in [0.4, 0.5) is 0 Å².